The van der Waals surface area contributed by atoms with Crippen molar-refractivity contribution in [2.45, 2.75) is 63.0 Å². The molecule has 4 atom stereocenters. The van der Waals surface area contributed by atoms with Gasteiger partial charge in [0.2, 0.25) is 0 Å². The van der Waals surface area contributed by atoms with Crippen molar-refractivity contribution in [3.63, 3.8) is 0 Å². The lowest BCUT2D eigenvalue weighted by atomic mass is 9.59. The van der Waals surface area contributed by atoms with Crippen LogP contribution in [0.25, 0.3) is 0 Å². The molecule has 0 spiro atoms. The van der Waals surface area contributed by atoms with Gasteiger partial charge >= 0.3 is 0 Å². The molecule has 0 bridgehead atoms. The van der Waals surface area contributed by atoms with Gasteiger partial charge in [-0.1, -0.05) is 38.5 Å². The van der Waals surface area contributed by atoms with Gasteiger partial charge in [-0.05, 0) is 42.9 Å². The van der Waals surface area contributed by atoms with Gasteiger partial charge in [0.25, 0.3) is 0 Å². The van der Waals surface area contributed by atoms with Crippen molar-refractivity contribution in [3.8, 4) is 0 Å². The second kappa shape index (κ2) is 4.31. The molecule has 1 heteroatoms. The normalized spacial score (nSPS) is 50.6. The van der Waals surface area contributed by atoms with Gasteiger partial charge in [-0.2, -0.15) is 12.6 Å². The first-order chi connectivity index (χ1) is 7.36. The second-order valence-corrected chi connectivity index (χ2v) is 6.74. The fraction of sp³-hybridized carbons (Fsp3) is 1.00. The molecule has 3 fully saturated rings. The van der Waals surface area contributed by atoms with Crippen molar-refractivity contribution in [1.29, 1.82) is 0 Å². The molecule has 4 unspecified atom stereocenters. The zero-order chi connectivity index (χ0) is 10.3. The predicted molar refractivity (Wildman–Crippen MR) is 68.3 cm³/mol. The highest BCUT2D eigenvalue weighted by molar-refractivity contribution is 7.81. The molecular weight excluding hydrogens is 200 g/mol. The van der Waals surface area contributed by atoms with Crippen LogP contribution in [-0.4, -0.2) is 5.25 Å². The number of thiol groups is 1. The Morgan fingerprint density at radius 1 is 0.667 bits per heavy atom. The van der Waals surface area contributed by atoms with E-state index >= 15 is 0 Å². The molecule has 0 nitrogen and oxygen atoms in total. The van der Waals surface area contributed by atoms with E-state index in [9.17, 15) is 0 Å². The molecule has 0 aromatic carbocycles. The molecule has 3 saturated carbocycles. The molecule has 86 valence electrons. The summed E-state index contributed by atoms with van der Waals surface area (Å²) in [7, 11) is 0. The number of hydrogen-bond donors (Lipinski definition) is 1. The highest BCUT2D eigenvalue weighted by atomic mass is 32.1. The summed E-state index contributed by atoms with van der Waals surface area (Å²) in [5, 5.41) is 0.759. The summed E-state index contributed by atoms with van der Waals surface area (Å²) in [5.74, 6) is 4.09. The van der Waals surface area contributed by atoms with Crippen LogP contribution in [0.2, 0.25) is 0 Å². The molecule has 15 heavy (non-hydrogen) atoms. The van der Waals surface area contributed by atoms with E-state index in [1.165, 1.54) is 51.4 Å². The third-order valence-corrected chi connectivity index (χ3v) is 6.18. The van der Waals surface area contributed by atoms with Gasteiger partial charge in [-0.15, -0.1) is 0 Å². The Hall–Kier alpha value is 0.350. The van der Waals surface area contributed by atoms with Crippen molar-refractivity contribution in [1.82, 2.24) is 0 Å². The Morgan fingerprint density at radius 2 is 1.13 bits per heavy atom. The van der Waals surface area contributed by atoms with Crippen LogP contribution in [0.1, 0.15) is 57.8 Å². The SMILES string of the molecule is SC1C2CCCCC2CC2CCCCC21. The quantitative estimate of drug-likeness (QED) is 0.583. The van der Waals surface area contributed by atoms with Crippen LogP contribution in [0.3, 0.4) is 0 Å². The summed E-state index contributed by atoms with van der Waals surface area (Å²) in [6.07, 6.45) is 13.5. The Bertz CT molecular complexity index is 203. The van der Waals surface area contributed by atoms with Crippen LogP contribution < -0.4 is 0 Å². The summed E-state index contributed by atoms with van der Waals surface area (Å²) in [6.45, 7) is 0. The minimum atomic E-state index is 0.759. The summed E-state index contributed by atoms with van der Waals surface area (Å²) in [5.41, 5.74) is 0. The topological polar surface area (TPSA) is 0 Å². The largest absolute Gasteiger partial charge is 0.175 e. The van der Waals surface area contributed by atoms with E-state index in [1.54, 1.807) is 6.42 Å². The third kappa shape index (κ3) is 1.85. The van der Waals surface area contributed by atoms with E-state index < -0.39 is 0 Å². The minimum absolute atomic E-state index is 0.759. The van der Waals surface area contributed by atoms with E-state index in [-0.39, 0.29) is 0 Å². The maximum Gasteiger partial charge on any atom is 0.00786 e. The highest BCUT2D eigenvalue weighted by Crippen LogP contribution is 2.51. The lowest BCUT2D eigenvalue weighted by Crippen LogP contribution is -2.43. The molecule has 0 saturated heterocycles. The second-order valence-electron chi connectivity index (χ2n) is 6.14. The fourth-order valence-corrected chi connectivity index (χ4v) is 5.45. The van der Waals surface area contributed by atoms with E-state index in [0.29, 0.717) is 0 Å². The summed E-state index contributed by atoms with van der Waals surface area (Å²) < 4.78 is 0. The van der Waals surface area contributed by atoms with Crippen molar-refractivity contribution in [3.05, 3.63) is 0 Å². The molecule has 3 aliphatic carbocycles. The zero-order valence-electron chi connectivity index (χ0n) is 9.70. The summed E-state index contributed by atoms with van der Waals surface area (Å²) in [4.78, 5) is 0. The van der Waals surface area contributed by atoms with Gasteiger partial charge in [0, 0.05) is 5.25 Å². The standard InChI is InChI=1S/C14H24S/c15-14-12-7-3-1-5-10(12)9-11-6-2-4-8-13(11)14/h10-15H,1-9H2. The van der Waals surface area contributed by atoms with Crippen molar-refractivity contribution < 1.29 is 0 Å². The van der Waals surface area contributed by atoms with Gasteiger partial charge in [0.1, 0.15) is 0 Å². The molecule has 0 aromatic heterocycles. The fourth-order valence-electron chi connectivity index (χ4n) is 4.66. The molecule has 0 N–H and O–H groups in total. The maximum atomic E-state index is 5.01. The first-order valence-electron chi connectivity index (χ1n) is 7.04. The van der Waals surface area contributed by atoms with Crippen LogP contribution in [0.15, 0.2) is 0 Å². The summed E-state index contributed by atoms with van der Waals surface area (Å²) in [6, 6.07) is 0. The molecular formula is C14H24S. The first kappa shape index (κ1) is 10.5. The van der Waals surface area contributed by atoms with E-state index in [0.717, 1.165) is 28.9 Å². The number of rotatable bonds is 0. The molecule has 0 aromatic rings. The molecule has 3 aliphatic rings. The van der Waals surface area contributed by atoms with Crippen LogP contribution in [0, 0.1) is 23.7 Å². The van der Waals surface area contributed by atoms with Crippen molar-refractivity contribution in [2.75, 3.05) is 0 Å². The smallest absolute Gasteiger partial charge is 0.00786 e. The Morgan fingerprint density at radius 3 is 1.67 bits per heavy atom. The number of fused-ring (bicyclic) bond motifs is 2. The van der Waals surface area contributed by atoms with Gasteiger partial charge < -0.3 is 0 Å². The molecule has 3 rings (SSSR count). The average Bonchev–Trinajstić information content (AvgIpc) is 2.30. The van der Waals surface area contributed by atoms with Crippen molar-refractivity contribution in [2.24, 2.45) is 23.7 Å². The van der Waals surface area contributed by atoms with Crippen LogP contribution >= 0.6 is 12.6 Å². The van der Waals surface area contributed by atoms with Gasteiger partial charge in [0.05, 0.1) is 0 Å². The Labute approximate surface area is 99.6 Å². The molecule has 0 aliphatic heterocycles. The highest BCUT2D eigenvalue weighted by Gasteiger charge is 2.43. The lowest BCUT2D eigenvalue weighted by Gasteiger charge is -2.49. The van der Waals surface area contributed by atoms with Crippen molar-refractivity contribution >= 4 is 12.6 Å². The lowest BCUT2D eigenvalue weighted by molar-refractivity contribution is 0.0604. The maximum absolute atomic E-state index is 5.01. The van der Waals surface area contributed by atoms with E-state index in [1.807, 2.05) is 0 Å². The monoisotopic (exact) mass is 224 g/mol. The van der Waals surface area contributed by atoms with Gasteiger partial charge in [-0.3, -0.25) is 0 Å². The Balaban J connectivity index is 1.76. The molecule has 0 amide bonds. The predicted octanol–water partition coefficient (Wildman–Crippen LogP) is 4.30. The summed E-state index contributed by atoms with van der Waals surface area (Å²) >= 11 is 5.01. The van der Waals surface area contributed by atoms with E-state index in [2.05, 4.69) is 0 Å². The molecule has 0 radical (unpaired) electrons. The molecule has 0 heterocycles. The minimum Gasteiger partial charge on any atom is -0.175 e. The van der Waals surface area contributed by atoms with Gasteiger partial charge in [-0.25, -0.2) is 0 Å². The Kier molecular flexibility index (Phi) is 3.02. The zero-order valence-corrected chi connectivity index (χ0v) is 10.6. The van der Waals surface area contributed by atoms with E-state index in [4.69, 9.17) is 12.6 Å². The van der Waals surface area contributed by atoms with Crippen LogP contribution in [0.5, 0.6) is 0 Å². The van der Waals surface area contributed by atoms with Crippen LogP contribution in [0.4, 0.5) is 0 Å². The third-order valence-electron chi connectivity index (χ3n) is 5.42. The van der Waals surface area contributed by atoms with Gasteiger partial charge in [0.15, 0.2) is 0 Å². The average molecular weight is 224 g/mol. The number of hydrogen-bond acceptors (Lipinski definition) is 1. The van der Waals surface area contributed by atoms with Crippen LogP contribution in [-0.2, 0) is 0 Å². The first-order valence-corrected chi connectivity index (χ1v) is 7.56.